The number of nitrogens with zero attached hydrogens (tertiary/aromatic N) is 2. The van der Waals surface area contributed by atoms with Gasteiger partial charge in [0.2, 0.25) is 0 Å². The van der Waals surface area contributed by atoms with Gasteiger partial charge in [0, 0.05) is 18.7 Å². The van der Waals surface area contributed by atoms with Crippen LogP contribution < -0.4 is 0 Å². The molecule has 1 aromatic carbocycles. The lowest BCUT2D eigenvalue weighted by molar-refractivity contribution is -0.385. The first-order valence-corrected chi connectivity index (χ1v) is 8.80. The van der Waals surface area contributed by atoms with E-state index in [1.54, 1.807) is 6.92 Å². The minimum atomic E-state index is -3.57. The Morgan fingerprint density at radius 1 is 1.32 bits per heavy atom. The van der Waals surface area contributed by atoms with Gasteiger partial charge in [-0.3, -0.25) is 10.1 Å². The Morgan fingerprint density at radius 2 is 1.95 bits per heavy atom. The van der Waals surface area contributed by atoms with Crippen LogP contribution in [0.2, 0.25) is 0 Å². The van der Waals surface area contributed by atoms with Crippen LogP contribution in [0.5, 0.6) is 0 Å². The highest BCUT2D eigenvalue weighted by Gasteiger charge is 2.18. The summed E-state index contributed by atoms with van der Waals surface area (Å²) in [6.07, 6.45) is 1.89. The summed E-state index contributed by atoms with van der Waals surface area (Å²) in [4.78, 5) is 12.3. The third-order valence-electron chi connectivity index (χ3n) is 3.40. The van der Waals surface area contributed by atoms with Crippen molar-refractivity contribution in [1.82, 2.24) is 4.90 Å². The van der Waals surface area contributed by atoms with E-state index in [9.17, 15) is 18.5 Å². The number of hydrogen-bond acceptors (Lipinski definition) is 5. The Labute approximate surface area is 131 Å². The summed E-state index contributed by atoms with van der Waals surface area (Å²) < 4.78 is 24.6. The number of benzene rings is 1. The van der Waals surface area contributed by atoms with E-state index in [-0.39, 0.29) is 16.3 Å². The molecule has 0 amide bonds. The standard InChI is InChI=1S/C15H22N2O4S/c1-4-16(5-2)10-9-13(3)12-22(20,21)15-8-6-7-14(11-15)17(18)19/h6-9,11H,4-5,10,12H2,1-3H3/b13-9+. The molecule has 0 aliphatic heterocycles. The first-order valence-electron chi connectivity index (χ1n) is 7.15. The molecule has 0 heterocycles. The molecule has 6 nitrogen and oxygen atoms in total. The van der Waals surface area contributed by atoms with Gasteiger partial charge in [-0.1, -0.05) is 31.6 Å². The number of non-ortho nitro benzene ring substituents is 1. The maximum absolute atomic E-state index is 12.3. The van der Waals surface area contributed by atoms with E-state index in [1.807, 2.05) is 19.9 Å². The van der Waals surface area contributed by atoms with Crippen LogP contribution in [0.4, 0.5) is 5.69 Å². The van der Waals surface area contributed by atoms with E-state index in [0.717, 1.165) is 24.7 Å². The molecule has 0 aliphatic rings. The fourth-order valence-corrected chi connectivity index (χ4v) is 3.47. The second kappa shape index (κ2) is 8.05. The fraction of sp³-hybridized carbons (Fsp3) is 0.467. The van der Waals surface area contributed by atoms with Crippen molar-refractivity contribution in [2.24, 2.45) is 0 Å². The van der Waals surface area contributed by atoms with E-state index in [1.165, 1.54) is 18.2 Å². The lowest BCUT2D eigenvalue weighted by atomic mass is 10.3. The summed E-state index contributed by atoms with van der Waals surface area (Å²) in [5.41, 5.74) is 0.518. The van der Waals surface area contributed by atoms with Crippen molar-refractivity contribution in [3.63, 3.8) is 0 Å². The van der Waals surface area contributed by atoms with Crippen LogP contribution in [0.25, 0.3) is 0 Å². The Morgan fingerprint density at radius 3 is 2.50 bits per heavy atom. The molecule has 122 valence electrons. The number of nitro groups is 1. The second-order valence-electron chi connectivity index (χ2n) is 5.05. The first-order chi connectivity index (χ1) is 10.3. The third-order valence-corrected chi connectivity index (χ3v) is 5.21. The lowest BCUT2D eigenvalue weighted by Crippen LogP contribution is -2.23. The van der Waals surface area contributed by atoms with Crippen LogP contribution in [-0.2, 0) is 9.84 Å². The van der Waals surface area contributed by atoms with E-state index in [0.29, 0.717) is 6.54 Å². The predicted octanol–water partition coefficient (Wildman–Crippen LogP) is 2.66. The molecule has 0 saturated carbocycles. The topological polar surface area (TPSA) is 80.5 Å². The van der Waals surface area contributed by atoms with Crippen molar-refractivity contribution >= 4 is 15.5 Å². The highest BCUT2D eigenvalue weighted by molar-refractivity contribution is 7.91. The average Bonchev–Trinajstić information content (AvgIpc) is 2.48. The molecule has 0 aliphatic carbocycles. The van der Waals surface area contributed by atoms with Crippen LogP contribution in [0, 0.1) is 10.1 Å². The molecule has 0 fully saturated rings. The van der Waals surface area contributed by atoms with Gasteiger partial charge in [0.25, 0.3) is 5.69 Å². The lowest BCUT2D eigenvalue weighted by Gasteiger charge is -2.15. The predicted molar refractivity (Wildman–Crippen MR) is 86.7 cm³/mol. The minimum absolute atomic E-state index is 0.0164. The zero-order valence-corrected chi connectivity index (χ0v) is 14.0. The molecular weight excluding hydrogens is 304 g/mol. The number of sulfone groups is 1. The van der Waals surface area contributed by atoms with Gasteiger partial charge in [0.15, 0.2) is 9.84 Å². The van der Waals surface area contributed by atoms with Crippen molar-refractivity contribution in [3.05, 3.63) is 46.0 Å². The third kappa shape index (κ3) is 5.23. The molecule has 0 spiro atoms. The highest BCUT2D eigenvalue weighted by Crippen LogP contribution is 2.19. The minimum Gasteiger partial charge on any atom is -0.300 e. The largest absolute Gasteiger partial charge is 0.300 e. The Bertz CT molecular complexity index is 649. The van der Waals surface area contributed by atoms with Crippen LogP contribution in [0.1, 0.15) is 20.8 Å². The smallest absolute Gasteiger partial charge is 0.270 e. The molecule has 0 radical (unpaired) electrons. The molecule has 7 heteroatoms. The normalized spacial score (nSPS) is 12.6. The summed E-state index contributed by atoms with van der Waals surface area (Å²) in [6.45, 7) is 8.36. The Balaban J connectivity index is 2.89. The van der Waals surface area contributed by atoms with Crippen LogP contribution in [-0.4, -0.2) is 43.6 Å². The van der Waals surface area contributed by atoms with Gasteiger partial charge >= 0.3 is 0 Å². The van der Waals surface area contributed by atoms with Crippen LogP contribution in [0.15, 0.2) is 40.8 Å². The van der Waals surface area contributed by atoms with E-state index in [2.05, 4.69) is 4.90 Å². The summed E-state index contributed by atoms with van der Waals surface area (Å²) in [5.74, 6) is -0.130. The first kappa shape index (κ1) is 18.3. The van der Waals surface area contributed by atoms with Crippen LogP contribution >= 0.6 is 0 Å². The summed E-state index contributed by atoms with van der Waals surface area (Å²) >= 11 is 0. The molecule has 22 heavy (non-hydrogen) atoms. The van der Waals surface area contributed by atoms with Gasteiger partial charge in [-0.15, -0.1) is 0 Å². The molecular formula is C15H22N2O4S. The zero-order valence-electron chi connectivity index (χ0n) is 13.2. The zero-order chi connectivity index (χ0) is 16.8. The average molecular weight is 326 g/mol. The van der Waals surface area contributed by atoms with Crippen molar-refractivity contribution in [2.75, 3.05) is 25.4 Å². The van der Waals surface area contributed by atoms with E-state index in [4.69, 9.17) is 0 Å². The van der Waals surface area contributed by atoms with Crippen LogP contribution in [0.3, 0.4) is 0 Å². The fourth-order valence-electron chi connectivity index (χ4n) is 2.00. The molecule has 0 atom stereocenters. The van der Waals surface area contributed by atoms with Gasteiger partial charge in [-0.2, -0.15) is 0 Å². The van der Waals surface area contributed by atoms with Gasteiger partial charge in [-0.25, -0.2) is 8.42 Å². The quantitative estimate of drug-likeness (QED) is 0.417. The van der Waals surface area contributed by atoms with E-state index >= 15 is 0 Å². The molecule has 0 aromatic heterocycles. The SMILES string of the molecule is CCN(CC)C/C=C(\C)CS(=O)(=O)c1cccc([N+](=O)[O-])c1. The number of rotatable bonds is 8. The number of hydrogen-bond donors (Lipinski definition) is 0. The monoisotopic (exact) mass is 326 g/mol. The number of nitro benzene ring substituents is 1. The van der Waals surface area contributed by atoms with Gasteiger partial charge in [0.05, 0.1) is 15.6 Å². The molecule has 1 rings (SSSR count). The molecule has 0 bridgehead atoms. The van der Waals surface area contributed by atoms with Gasteiger partial charge in [-0.05, 0) is 26.1 Å². The second-order valence-corrected chi connectivity index (χ2v) is 7.04. The summed E-state index contributed by atoms with van der Waals surface area (Å²) in [7, 11) is -3.57. The highest BCUT2D eigenvalue weighted by atomic mass is 32.2. The van der Waals surface area contributed by atoms with Crippen molar-refractivity contribution in [1.29, 1.82) is 0 Å². The maximum atomic E-state index is 12.3. The van der Waals surface area contributed by atoms with Gasteiger partial charge in [0.1, 0.15) is 0 Å². The Kier molecular flexibility index (Phi) is 6.70. The number of likely N-dealkylation sites (N-methyl/N-ethyl adjacent to an activating group) is 1. The summed E-state index contributed by atoms with van der Waals surface area (Å²) in [5, 5.41) is 10.7. The van der Waals surface area contributed by atoms with E-state index < -0.39 is 14.8 Å². The summed E-state index contributed by atoms with van der Waals surface area (Å²) in [6, 6.07) is 5.16. The molecule has 0 unspecified atom stereocenters. The molecule has 0 N–H and O–H groups in total. The molecule has 0 saturated heterocycles. The van der Waals surface area contributed by atoms with Crippen molar-refractivity contribution < 1.29 is 13.3 Å². The van der Waals surface area contributed by atoms with Crippen molar-refractivity contribution in [2.45, 2.75) is 25.7 Å². The molecule has 1 aromatic rings. The maximum Gasteiger partial charge on any atom is 0.270 e. The Hall–Kier alpha value is -1.73. The van der Waals surface area contributed by atoms with Crippen molar-refractivity contribution in [3.8, 4) is 0 Å². The van der Waals surface area contributed by atoms with Gasteiger partial charge < -0.3 is 4.90 Å².